The summed E-state index contributed by atoms with van der Waals surface area (Å²) in [6.07, 6.45) is 3.61. The number of ether oxygens (including phenoxy) is 1. The molecule has 0 fully saturated rings. The number of aromatic nitrogens is 2. The molecule has 158 valence electrons. The fourth-order valence-corrected chi connectivity index (χ4v) is 3.13. The van der Waals surface area contributed by atoms with Crippen LogP contribution in [0.1, 0.15) is 23.6 Å². The molecule has 5 heteroatoms. The van der Waals surface area contributed by atoms with Crippen molar-refractivity contribution in [3.05, 3.63) is 89.3 Å². The van der Waals surface area contributed by atoms with Crippen LogP contribution in [-0.2, 0) is 7.05 Å². The van der Waals surface area contributed by atoms with E-state index in [2.05, 4.69) is 55.5 Å². The van der Waals surface area contributed by atoms with E-state index in [1.807, 2.05) is 49.0 Å². The Labute approximate surface area is 179 Å². The van der Waals surface area contributed by atoms with Crippen molar-refractivity contribution >= 4 is 0 Å². The quantitative estimate of drug-likeness (QED) is 0.682. The van der Waals surface area contributed by atoms with Crippen LogP contribution in [0.4, 0.5) is 0 Å². The first-order chi connectivity index (χ1) is 14.3. The highest BCUT2D eigenvalue weighted by atomic mass is 16.5. The zero-order valence-corrected chi connectivity index (χ0v) is 18.6. The molecule has 0 spiro atoms. The molecule has 0 unspecified atom stereocenters. The molecule has 3 aromatic rings. The van der Waals surface area contributed by atoms with E-state index in [4.69, 9.17) is 10.5 Å². The zero-order chi connectivity index (χ0) is 22.1. The number of aryl methyl sites for hydroxylation is 4. The predicted octanol–water partition coefficient (Wildman–Crippen LogP) is 4.47. The molecule has 0 aliphatic heterocycles. The van der Waals surface area contributed by atoms with Crippen molar-refractivity contribution in [3.63, 3.8) is 0 Å². The van der Waals surface area contributed by atoms with Crippen LogP contribution in [0.25, 0.3) is 11.3 Å². The van der Waals surface area contributed by atoms with E-state index < -0.39 is 0 Å². The maximum absolute atomic E-state index is 5.56. The Bertz CT molecular complexity index is 1020. The van der Waals surface area contributed by atoms with Gasteiger partial charge in [-0.2, -0.15) is 0 Å². The zero-order valence-electron chi connectivity index (χ0n) is 18.6. The summed E-state index contributed by atoms with van der Waals surface area (Å²) >= 11 is 0. The summed E-state index contributed by atoms with van der Waals surface area (Å²) < 4.78 is 7.48. The van der Waals surface area contributed by atoms with Crippen LogP contribution in [0, 0.1) is 20.8 Å². The Morgan fingerprint density at radius 1 is 1.10 bits per heavy atom. The molecule has 0 saturated carbocycles. The third-order valence-electron chi connectivity index (χ3n) is 4.20. The highest BCUT2D eigenvalue weighted by Gasteiger charge is 2.06. The summed E-state index contributed by atoms with van der Waals surface area (Å²) in [5.41, 5.74) is 12.8. The highest BCUT2D eigenvalue weighted by Crippen LogP contribution is 2.20. The number of nitrogens with zero attached hydrogens (tertiary/aromatic N) is 3. The fourth-order valence-electron chi connectivity index (χ4n) is 3.13. The van der Waals surface area contributed by atoms with Gasteiger partial charge in [-0.15, -0.1) is 0 Å². The van der Waals surface area contributed by atoms with Gasteiger partial charge in [0.05, 0.1) is 0 Å². The molecule has 1 aromatic heterocycles. The average molecular weight is 405 g/mol. The molecule has 0 atom stereocenters. The van der Waals surface area contributed by atoms with Crippen molar-refractivity contribution in [1.29, 1.82) is 0 Å². The van der Waals surface area contributed by atoms with Crippen molar-refractivity contribution in [1.82, 2.24) is 9.55 Å². The van der Waals surface area contributed by atoms with Crippen LogP contribution in [0.15, 0.2) is 72.1 Å². The summed E-state index contributed by atoms with van der Waals surface area (Å²) in [7, 11) is 1.93. The third-order valence-corrected chi connectivity index (χ3v) is 4.20. The minimum absolute atomic E-state index is 0.485. The molecular formula is C25H32N4O. The molecule has 0 aliphatic rings. The standard InChI is InChI=1S/C16H20N4O.C9H12/c1-12(2)19-16-15(18-8-9-20(16)3)13-5-4-6-14(11-13)21-10-7-17;1-7-4-8(2)6-9(3)5-7/h4-6,8-9,11H,1,7,10,17H2,2-3H3;4-6H,1-3H3. The van der Waals surface area contributed by atoms with E-state index in [0.717, 1.165) is 28.2 Å². The minimum Gasteiger partial charge on any atom is -0.492 e. The van der Waals surface area contributed by atoms with Crippen LogP contribution < -0.4 is 16.0 Å². The second kappa shape index (κ2) is 11.1. The van der Waals surface area contributed by atoms with Crippen molar-refractivity contribution < 1.29 is 4.74 Å². The molecule has 0 saturated heterocycles. The van der Waals surface area contributed by atoms with Gasteiger partial charge in [0.15, 0.2) is 5.49 Å². The summed E-state index contributed by atoms with van der Waals surface area (Å²) in [4.78, 5) is 8.92. The Kier molecular flexibility index (Phi) is 8.56. The van der Waals surface area contributed by atoms with Gasteiger partial charge in [0, 0.05) is 37.2 Å². The van der Waals surface area contributed by atoms with Gasteiger partial charge < -0.3 is 15.0 Å². The number of allylic oxidation sites excluding steroid dienone is 1. The molecule has 0 amide bonds. The maximum Gasteiger partial charge on any atom is 0.159 e. The van der Waals surface area contributed by atoms with Gasteiger partial charge in [-0.3, -0.25) is 4.98 Å². The molecule has 0 aliphatic carbocycles. The van der Waals surface area contributed by atoms with E-state index in [-0.39, 0.29) is 0 Å². The lowest BCUT2D eigenvalue weighted by atomic mass is 10.1. The van der Waals surface area contributed by atoms with E-state index in [1.165, 1.54) is 16.7 Å². The van der Waals surface area contributed by atoms with Gasteiger partial charge in [0.25, 0.3) is 0 Å². The Hall–Kier alpha value is -3.18. The fraction of sp³-hybridized carbons (Fsp3) is 0.280. The summed E-state index contributed by atoms with van der Waals surface area (Å²) in [5, 5.41) is 0. The van der Waals surface area contributed by atoms with Crippen molar-refractivity contribution in [2.45, 2.75) is 27.7 Å². The number of hydrogen-bond donors (Lipinski definition) is 1. The normalized spacial score (nSPS) is 10.9. The molecule has 0 radical (unpaired) electrons. The lowest BCUT2D eigenvalue weighted by Gasteiger charge is -2.09. The maximum atomic E-state index is 5.56. The van der Waals surface area contributed by atoms with Gasteiger partial charge >= 0.3 is 0 Å². The van der Waals surface area contributed by atoms with Gasteiger partial charge in [0.2, 0.25) is 0 Å². The van der Waals surface area contributed by atoms with Crippen LogP contribution in [0.5, 0.6) is 5.75 Å². The Morgan fingerprint density at radius 2 is 1.73 bits per heavy atom. The van der Waals surface area contributed by atoms with Crippen molar-refractivity contribution in [2.24, 2.45) is 17.8 Å². The molecule has 2 N–H and O–H groups in total. The van der Waals surface area contributed by atoms with Crippen LogP contribution in [0.2, 0.25) is 0 Å². The summed E-state index contributed by atoms with van der Waals surface area (Å²) in [6, 6.07) is 14.3. The Balaban J connectivity index is 0.000000297. The topological polar surface area (TPSA) is 65.4 Å². The smallest absolute Gasteiger partial charge is 0.159 e. The van der Waals surface area contributed by atoms with E-state index in [9.17, 15) is 0 Å². The van der Waals surface area contributed by atoms with E-state index in [1.54, 1.807) is 6.20 Å². The molecule has 3 rings (SSSR count). The second-order valence-electron chi connectivity index (χ2n) is 7.39. The second-order valence-corrected chi connectivity index (χ2v) is 7.39. The Morgan fingerprint density at radius 3 is 2.30 bits per heavy atom. The molecule has 30 heavy (non-hydrogen) atoms. The first-order valence-electron chi connectivity index (χ1n) is 10.00. The number of benzene rings is 2. The highest BCUT2D eigenvalue weighted by molar-refractivity contribution is 5.60. The SMILES string of the molecule is C=C(C)N=c1c(-c2cccc(OCCN)c2)nccn1C.Cc1cc(C)cc(C)c1. The van der Waals surface area contributed by atoms with Gasteiger partial charge in [-0.1, -0.05) is 53.6 Å². The molecule has 2 aromatic carbocycles. The molecule has 5 nitrogen and oxygen atoms in total. The van der Waals surface area contributed by atoms with Crippen molar-refractivity contribution in [2.75, 3.05) is 13.2 Å². The van der Waals surface area contributed by atoms with Crippen LogP contribution >= 0.6 is 0 Å². The predicted molar refractivity (Wildman–Crippen MR) is 124 cm³/mol. The first kappa shape index (κ1) is 23.1. The summed E-state index contributed by atoms with van der Waals surface area (Å²) in [5.74, 6) is 0.771. The van der Waals surface area contributed by atoms with Gasteiger partial charge in [-0.05, 0) is 39.8 Å². The average Bonchev–Trinajstić information content (AvgIpc) is 2.67. The number of rotatable bonds is 5. The van der Waals surface area contributed by atoms with Crippen molar-refractivity contribution in [3.8, 4) is 17.0 Å². The lowest BCUT2D eigenvalue weighted by molar-refractivity contribution is 0.328. The van der Waals surface area contributed by atoms with Crippen LogP contribution in [0.3, 0.4) is 0 Å². The minimum atomic E-state index is 0.485. The lowest BCUT2D eigenvalue weighted by Crippen LogP contribution is -2.21. The van der Waals surface area contributed by atoms with Gasteiger partial charge in [-0.25, -0.2) is 4.99 Å². The number of hydrogen-bond acceptors (Lipinski definition) is 4. The van der Waals surface area contributed by atoms with Gasteiger partial charge in [0.1, 0.15) is 18.1 Å². The molecule has 0 bridgehead atoms. The largest absolute Gasteiger partial charge is 0.492 e. The molecule has 1 heterocycles. The third kappa shape index (κ3) is 7.01. The van der Waals surface area contributed by atoms with Crippen LogP contribution in [-0.4, -0.2) is 22.7 Å². The monoisotopic (exact) mass is 404 g/mol. The van der Waals surface area contributed by atoms with E-state index >= 15 is 0 Å². The first-order valence-corrected chi connectivity index (χ1v) is 10.00. The van der Waals surface area contributed by atoms with E-state index in [0.29, 0.717) is 13.2 Å². The number of nitrogens with two attached hydrogens (primary N) is 1. The molecular weight excluding hydrogens is 372 g/mol. The summed E-state index contributed by atoms with van der Waals surface area (Å²) in [6.45, 7) is 13.0.